The van der Waals surface area contributed by atoms with Crippen molar-refractivity contribution in [3.8, 4) is 0 Å². The molecule has 0 aromatic carbocycles. The van der Waals surface area contributed by atoms with Crippen molar-refractivity contribution in [2.75, 3.05) is 11.6 Å². The molecule has 1 amide bonds. The van der Waals surface area contributed by atoms with Crippen molar-refractivity contribution in [3.05, 3.63) is 35.3 Å². The molecule has 0 spiro atoms. The van der Waals surface area contributed by atoms with Gasteiger partial charge in [-0.2, -0.15) is 0 Å². The number of hydrogen-bond acceptors (Lipinski definition) is 5. The monoisotopic (exact) mass is 263 g/mol. The lowest BCUT2D eigenvalue weighted by molar-refractivity contribution is -0.121. The summed E-state index contributed by atoms with van der Waals surface area (Å²) >= 11 is 1.52. The van der Waals surface area contributed by atoms with Crippen molar-refractivity contribution >= 4 is 23.1 Å². The van der Waals surface area contributed by atoms with E-state index in [1.807, 2.05) is 10.4 Å². The SMILES string of the molecule is CCCN(c1cscn1)N1[C]=CC=CC1C(N)=O. The summed E-state index contributed by atoms with van der Waals surface area (Å²) in [6.45, 7) is 2.82. The first-order valence-electron chi connectivity index (χ1n) is 5.74. The van der Waals surface area contributed by atoms with Gasteiger partial charge in [0.25, 0.3) is 0 Å². The summed E-state index contributed by atoms with van der Waals surface area (Å²) in [6, 6.07) is -0.511. The van der Waals surface area contributed by atoms with Crippen molar-refractivity contribution in [1.29, 1.82) is 0 Å². The van der Waals surface area contributed by atoms with Gasteiger partial charge in [0.2, 0.25) is 5.91 Å². The maximum absolute atomic E-state index is 11.5. The molecule has 1 aliphatic rings. The van der Waals surface area contributed by atoms with E-state index in [1.165, 1.54) is 11.3 Å². The normalized spacial score (nSPS) is 18.1. The number of thiazole rings is 1. The Morgan fingerprint density at radius 1 is 1.72 bits per heavy atom. The second kappa shape index (κ2) is 5.68. The molecule has 1 radical (unpaired) electrons. The van der Waals surface area contributed by atoms with Gasteiger partial charge in [-0.1, -0.05) is 19.1 Å². The van der Waals surface area contributed by atoms with Gasteiger partial charge in [-0.15, -0.1) is 11.3 Å². The van der Waals surface area contributed by atoms with Crippen LogP contribution in [0.4, 0.5) is 5.82 Å². The van der Waals surface area contributed by atoms with Crippen LogP contribution in [0.15, 0.2) is 29.1 Å². The zero-order valence-corrected chi connectivity index (χ0v) is 10.9. The average molecular weight is 263 g/mol. The number of hydrogen-bond donors (Lipinski definition) is 1. The molecule has 2 N–H and O–H groups in total. The number of allylic oxidation sites excluding steroid dienone is 2. The Hall–Kier alpha value is -1.82. The van der Waals surface area contributed by atoms with Gasteiger partial charge in [-0.05, 0) is 12.5 Å². The van der Waals surface area contributed by atoms with E-state index in [1.54, 1.807) is 28.7 Å². The van der Waals surface area contributed by atoms with Crippen LogP contribution in [0, 0.1) is 6.20 Å². The second-order valence-corrected chi connectivity index (χ2v) is 4.56. The zero-order chi connectivity index (χ0) is 13.0. The lowest BCUT2D eigenvalue weighted by Crippen LogP contribution is -2.51. The van der Waals surface area contributed by atoms with Crippen molar-refractivity contribution in [2.24, 2.45) is 5.73 Å². The predicted octanol–water partition coefficient (Wildman–Crippen LogP) is 1.32. The van der Waals surface area contributed by atoms with Crippen LogP contribution in [0.2, 0.25) is 0 Å². The van der Waals surface area contributed by atoms with E-state index < -0.39 is 11.9 Å². The zero-order valence-electron chi connectivity index (χ0n) is 10.1. The van der Waals surface area contributed by atoms with Gasteiger partial charge < -0.3 is 5.73 Å². The first kappa shape index (κ1) is 12.6. The highest BCUT2D eigenvalue weighted by Gasteiger charge is 2.26. The number of rotatable bonds is 5. The number of primary amides is 1. The van der Waals surface area contributed by atoms with Crippen LogP contribution < -0.4 is 10.7 Å². The molecule has 95 valence electrons. The number of amides is 1. The van der Waals surface area contributed by atoms with E-state index in [2.05, 4.69) is 18.1 Å². The molecule has 0 bridgehead atoms. The van der Waals surface area contributed by atoms with Gasteiger partial charge in [0.15, 0.2) is 5.82 Å². The Labute approximate surface area is 110 Å². The van der Waals surface area contributed by atoms with Crippen molar-refractivity contribution in [3.63, 3.8) is 0 Å². The molecule has 1 aromatic heterocycles. The molecule has 2 heterocycles. The van der Waals surface area contributed by atoms with Gasteiger partial charge in [0.05, 0.1) is 11.7 Å². The molecule has 1 aliphatic heterocycles. The van der Waals surface area contributed by atoms with Gasteiger partial charge >= 0.3 is 0 Å². The third-order valence-corrected chi connectivity index (χ3v) is 3.10. The summed E-state index contributed by atoms with van der Waals surface area (Å²) in [4.78, 5) is 15.8. The number of carbonyl (C=O) groups excluding carboxylic acids is 1. The molecule has 6 heteroatoms. The Balaban J connectivity index is 2.27. The van der Waals surface area contributed by atoms with E-state index in [0.717, 1.165) is 18.8 Å². The van der Waals surface area contributed by atoms with Crippen LogP contribution in [0.5, 0.6) is 0 Å². The van der Waals surface area contributed by atoms with Gasteiger partial charge in [-0.3, -0.25) is 14.8 Å². The van der Waals surface area contributed by atoms with Crippen LogP contribution in [0.25, 0.3) is 0 Å². The fourth-order valence-corrected chi connectivity index (χ4v) is 2.29. The third kappa shape index (κ3) is 2.53. The lowest BCUT2D eigenvalue weighted by Gasteiger charge is -2.37. The minimum Gasteiger partial charge on any atom is -0.368 e. The van der Waals surface area contributed by atoms with E-state index >= 15 is 0 Å². The fraction of sp³-hybridized carbons (Fsp3) is 0.333. The Morgan fingerprint density at radius 2 is 2.56 bits per heavy atom. The lowest BCUT2D eigenvalue weighted by atomic mass is 10.2. The number of nitrogens with zero attached hydrogens (tertiary/aromatic N) is 3. The highest BCUT2D eigenvalue weighted by Crippen LogP contribution is 2.20. The molecule has 1 atom stereocenters. The standard InChI is InChI=1S/C12H15N4OS/c1-2-6-16(11-8-18-9-14-11)15-7-4-3-5-10(15)12(13)17/h3-5,8-10H,2,6H2,1H3,(H2,13,17). The van der Waals surface area contributed by atoms with Crippen molar-refractivity contribution in [1.82, 2.24) is 9.99 Å². The van der Waals surface area contributed by atoms with Crippen molar-refractivity contribution < 1.29 is 4.79 Å². The number of nitrogens with two attached hydrogens (primary N) is 1. The first-order chi connectivity index (χ1) is 8.74. The van der Waals surface area contributed by atoms with Crippen molar-refractivity contribution in [2.45, 2.75) is 19.4 Å². The van der Waals surface area contributed by atoms with E-state index in [4.69, 9.17) is 5.73 Å². The quantitative estimate of drug-likeness (QED) is 0.870. The summed E-state index contributed by atoms with van der Waals surface area (Å²) in [7, 11) is 0. The summed E-state index contributed by atoms with van der Waals surface area (Å²) in [6.07, 6.45) is 9.26. The van der Waals surface area contributed by atoms with Crippen LogP contribution in [-0.2, 0) is 4.79 Å². The van der Waals surface area contributed by atoms with Crippen LogP contribution >= 0.6 is 11.3 Å². The Bertz CT molecular complexity index is 455. The van der Waals surface area contributed by atoms with E-state index in [0.29, 0.717) is 0 Å². The maximum Gasteiger partial charge on any atom is 0.246 e. The molecular formula is C12H15N4OS. The molecule has 0 saturated heterocycles. The van der Waals surface area contributed by atoms with E-state index in [9.17, 15) is 4.79 Å². The largest absolute Gasteiger partial charge is 0.368 e. The first-order valence-corrected chi connectivity index (χ1v) is 6.68. The fourth-order valence-electron chi connectivity index (χ4n) is 1.76. The minimum absolute atomic E-state index is 0.400. The molecule has 0 aliphatic carbocycles. The van der Waals surface area contributed by atoms with Gasteiger partial charge in [-0.25, -0.2) is 4.98 Å². The van der Waals surface area contributed by atoms with Gasteiger partial charge in [0, 0.05) is 11.9 Å². The smallest absolute Gasteiger partial charge is 0.246 e. The van der Waals surface area contributed by atoms with Crippen LogP contribution in [0.1, 0.15) is 13.3 Å². The summed E-state index contributed by atoms with van der Waals surface area (Å²) in [5.74, 6) is 0.410. The topological polar surface area (TPSA) is 62.5 Å². The average Bonchev–Trinajstić information content (AvgIpc) is 2.89. The van der Waals surface area contributed by atoms with Crippen LogP contribution in [0.3, 0.4) is 0 Å². The third-order valence-electron chi connectivity index (χ3n) is 2.53. The number of carbonyl (C=O) groups is 1. The Morgan fingerprint density at radius 3 is 3.17 bits per heavy atom. The Kier molecular flexibility index (Phi) is 3.99. The number of aromatic nitrogens is 1. The molecular weight excluding hydrogens is 248 g/mol. The highest BCUT2D eigenvalue weighted by atomic mass is 32.1. The summed E-state index contributed by atoms with van der Waals surface area (Å²) in [5.41, 5.74) is 7.18. The maximum atomic E-state index is 11.5. The number of hydrazine groups is 1. The molecule has 18 heavy (non-hydrogen) atoms. The molecule has 5 nitrogen and oxygen atoms in total. The molecule has 0 saturated carbocycles. The predicted molar refractivity (Wildman–Crippen MR) is 71.5 cm³/mol. The molecule has 0 fully saturated rings. The molecule has 2 rings (SSSR count). The molecule has 1 aromatic rings. The summed E-state index contributed by atoms with van der Waals surface area (Å²) < 4.78 is 0. The molecule has 1 unspecified atom stereocenters. The van der Waals surface area contributed by atoms with E-state index in [-0.39, 0.29) is 0 Å². The van der Waals surface area contributed by atoms with Gasteiger partial charge in [0.1, 0.15) is 6.04 Å². The minimum atomic E-state index is -0.511. The highest BCUT2D eigenvalue weighted by molar-refractivity contribution is 7.07. The van der Waals surface area contributed by atoms with Crippen LogP contribution in [-0.4, -0.2) is 28.5 Å². The summed E-state index contributed by atoms with van der Waals surface area (Å²) in [5, 5.41) is 5.57. The second-order valence-electron chi connectivity index (χ2n) is 3.84. The number of anilines is 1.